The quantitative estimate of drug-likeness (QED) is 0.774. The van der Waals surface area contributed by atoms with Crippen molar-refractivity contribution in [2.75, 3.05) is 30.8 Å². The van der Waals surface area contributed by atoms with Gasteiger partial charge >= 0.3 is 0 Å². The maximum Gasteiger partial charge on any atom is 0.184 e. The smallest absolute Gasteiger partial charge is 0.184 e. The Morgan fingerprint density at radius 3 is 3.19 bits per heavy atom. The highest BCUT2D eigenvalue weighted by atomic mass is 32.2. The molecule has 1 aromatic heterocycles. The molecule has 0 spiro atoms. The highest BCUT2D eigenvalue weighted by Gasteiger charge is 2.28. The van der Waals surface area contributed by atoms with Crippen molar-refractivity contribution < 1.29 is 4.79 Å². The summed E-state index contributed by atoms with van der Waals surface area (Å²) in [4.78, 5) is 18.3. The van der Waals surface area contributed by atoms with E-state index in [1.807, 2.05) is 18.8 Å². The predicted octanol–water partition coefficient (Wildman–Crippen LogP) is 0.894. The van der Waals surface area contributed by atoms with E-state index in [0.29, 0.717) is 11.4 Å². The Morgan fingerprint density at radius 1 is 1.69 bits per heavy atom. The first-order chi connectivity index (χ1) is 7.70. The number of nitrogens with two attached hydrogens (primary N) is 1. The van der Waals surface area contributed by atoms with E-state index in [9.17, 15) is 4.79 Å². The standard InChI is InChI=1S/C11H15N3OS/c1-14-5-6-16-7-9(14)10(15)8-3-2-4-13-11(8)12/h2-4,9H,5-7H2,1H3,(H2,12,13). The maximum atomic E-state index is 12.3. The lowest BCUT2D eigenvalue weighted by molar-refractivity contribution is 0.0875. The minimum absolute atomic E-state index is 0.0646. The van der Waals surface area contributed by atoms with Gasteiger partial charge in [0.25, 0.3) is 0 Å². The molecular formula is C11H15N3OS. The molecule has 1 aliphatic rings. The van der Waals surface area contributed by atoms with Gasteiger partial charge in [-0.25, -0.2) is 4.98 Å². The Balaban J connectivity index is 2.21. The number of ketones is 1. The number of thioether (sulfide) groups is 1. The van der Waals surface area contributed by atoms with Crippen molar-refractivity contribution in [3.05, 3.63) is 23.9 Å². The summed E-state index contributed by atoms with van der Waals surface area (Å²) in [6.07, 6.45) is 1.60. The highest BCUT2D eigenvalue weighted by Crippen LogP contribution is 2.20. The zero-order valence-electron chi connectivity index (χ0n) is 9.22. The van der Waals surface area contributed by atoms with Gasteiger partial charge in [-0.2, -0.15) is 11.8 Å². The third-order valence-electron chi connectivity index (χ3n) is 2.80. The predicted molar refractivity (Wildman–Crippen MR) is 66.7 cm³/mol. The molecule has 2 heterocycles. The summed E-state index contributed by atoms with van der Waals surface area (Å²) >= 11 is 1.81. The molecule has 1 atom stereocenters. The van der Waals surface area contributed by atoms with Crippen LogP contribution in [0.4, 0.5) is 5.82 Å². The molecule has 5 heteroatoms. The molecule has 0 aliphatic carbocycles. The number of pyridine rings is 1. The number of Topliss-reactive ketones (excluding diaryl/α,β-unsaturated/α-hetero) is 1. The van der Waals surface area contributed by atoms with E-state index >= 15 is 0 Å². The zero-order chi connectivity index (χ0) is 11.5. The minimum atomic E-state index is -0.0646. The summed E-state index contributed by atoms with van der Waals surface area (Å²) in [5.74, 6) is 2.34. The van der Waals surface area contributed by atoms with Gasteiger partial charge in [0.15, 0.2) is 5.78 Å². The normalized spacial score (nSPS) is 21.9. The van der Waals surface area contributed by atoms with Gasteiger partial charge in [0.2, 0.25) is 0 Å². The lowest BCUT2D eigenvalue weighted by atomic mass is 10.1. The SMILES string of the molecule is CN1CCSCC1C(=O)c1cccnc1N. The van der Waals surface area contributed by atoms with E-state index < -0.39 is 0 Å². The van der Waals surface area contributed by atoms with Crippen LogP contribution in [0, 0.1) is 0 Å². The first-order valence-electron chi connectivity index (χ1n) is 5.23. The van der Waals surface area contributed by atoms with Gasteiger partial charge in [-0.15, -0.1) is 0 Å². The molecule has 0 amide bonds. The first kappa shape index (κ1) is 11.4. The number of nitrogen functional groups attached to an aromatic ring is 1. The highest BCUT2D eigenvalue weighted by molar-refractivity contribution is 7.99. The van der Waals surface area contributed by atoms with Crippen molar-refractivity contribution in [1.82, 2.24) is 9.88 Å². The minimum Gasteiger partial charge on any atom is -0.383 e. The second-order valence-corrected chi connectivity index (χ2v) is 5.02. The van der Waals surface area contributed by atoms with Crippen molar-refractivity contribution in [2.45, 2.75) is 6.04 Å². The molecule has 4 nitrogen and oxygen atoms in total. The van der Waals surface area contributed by atoms with Gasteiger partial charge in [0, 0.05) is 24.2 Å². The molecule has 1 aromatic rings. The Bertz CT molecular complexity index is 397. The van der Waals surface area contributed by atoms with Crippen LogP contribution in [0.25, 0.3) is 0 Å². The second kappa shape index (κ2) is 4.84. The Morgan fingerprint density at radius 2 is 2.50 bits per heavy atom. The molecule has 0 saturated carbocycles. The number of aromatic nitrogens is 1. The second-order valence-electron chi connectivity index (χ2n) is 3.87. The molecule has 2 N–H and O–H groups in total. The number of carbonyl (C=O) groups is 1. The van der Waals surface area contributed by atoms with Crippen LogP contribution in [0.2, 0.25) is 0 Å². The van der Waals surface area contributed by atoms with Crippen LogP contribution < -0.4 is 5.73 Å². The zero-order valence-corrected chi connectivity index (χ0v) is 10.0. The average Bonchev–Trinajstić information content (AvgIpc) is 2.29. The number of carbonyl (C=O) groups excluding carboxylic acids is 1. The van der Waals surface area contributed by atoms with E-state index in [1.165, 1.54) is 0 Å². The molecule has 2 rings (SSSR count). The van der Waals surface area contributed by atoms with Gasteiger partial charge in [0.1, 0.15) is 5.82 Å². The third-order valence-corrected chi connectivity index (χ3v) is 3.83. The molecule has 86 valence electrons. The molecule has 0 aromatic carbocycles. The van der Waals surface area contributed by atoms with Crippen molar-refractivity contribution in [1.29, 1.82) is 0 Å². The van der Waals surface area contributed by atoms with Crippen LogP contribution in [0.15, 0.2) is 18.3 Å². The summed E-state index contributed by atoms with van der Waals surface area (Å²) < 4.78 is 0. The summed E-state index contributed by atoms with van der Waals surface area (Å²) in [6.45, 7) is 0.946. The molecule has 16 heavy (non-hydrogen) atoms. The summed E-state index contributed by atoms with van der Waals surface area (Å²) in [7, 11) is 1.98. The lowest BCUT2D eigenvalue weighted by Gasteiger charge is -2.30. The molecule has 0 bridgehead atoms. The number of hydrogen-bond acceptors (Lipinski definition) is 5. The van der Waals surface area contributed by atoms with E-state index in [0.717, 1.165) is 18.1 Å². The van der Waals surface area contributed by atoms with Crippen LogP contribution in [0.3, 0.4) is 0 Å². The van der Waals surface area contributed by atoms with E-state index in [2.05, 4.69) is 9.88 Å². The number of likely N-dealkylation sites (N-methyl/N-ethyl adjacent to an activating group) is 1. The first-order valence-corrected chi connectivity index (χ1v) is 6.38. The molecule has 0 radical (unpaired) electrons. The van der Waals surface area contributed by atoms with Crippen LogP contribution >= 0.6 is 11.8 Å². The Hall–Kier alpha value is -1.07. The van der Waals surface area contributed by atoms with Crippen LogP contribution in [-0.2, 0) is 0 Å². The molecule has 1 fully saturated rings. The topological polar surface area (TPSA) is 59.2 Å². The largest absolute Gasteiger partial charge is 0.383 e. The van der Waals surface area contributed by atoms with E-state index in [-0.39, 0.29) is 11.8 Å². The van der Waals surface area contributed by atoms with Crippen molar-refractivity contribution in [2.24, 2.45) is 0 Å². The van der Waals surface area contributed by atoms with Gasteiger partial charge in [-0.3, -0.25) is 9.69 Å². The van der Waals surface area contributed by atoms with Crippen LogP contribution in [-0.4, -0.2) is 46.8 Å². The van der Waals surface area contributed by atoms with E-state index in [1.54, 1.807) is 18.3 Å². The van der Waals surface area contributed by atoms with Crippen molar-refractivity contribution in [3.8, 4) is 0 Å². The Kier molecular flexibility index (Phi) is 3.46. The van der Waals surface area contributed by atoms with Gasteiger partial charge < -0.3 is 5.73 Å². The van der Waals surface area contributed by atoms with Gasteiger partial charge in [0.05, 0.1) is 11.6 Å². The van der Waals surface area contributed by atoms with Crippen molar-refractivity contribution >= 4 is 23.4 Å². The Labute approximate surface area is 99.2 Å². The molecule has 1 aliphatic heterocycles. The maximum absolute atomic E-state index is 12.3. The number of rotatable bonds is 2. The fraction of sp³-hybridized carbons (Fsp3) is 0.455. The number of anilines is 1. The average molecular weight is 237 g/mol. The fourth-order valence-corrected chi connectivity index (χ4v) is 2.98. The van der Waals surface area contributed by atoms with Crippen LogP contribution in [0.5, 0.6) is 0 Å². The number of nitrogens with zero attached hydrogens (tertiary/aromatic N) is 2. The molecule has 1 saturated heterocycles. The van der Waals surface area contributed by atoms with Crippen LogP contribution in [0.1, 0.15) is 10.4 Å². The van der Waals surface area contributed by atoms with Gasteiger partial charge in [-0.1, -0.05) is 0 Å². The van der Waals surface area contributed by atoms with E-state index in [4.69, 9.17) is 5.73 Å². The molecular weight excluding hydrogens is 222 g/mol. The third kappa shape index (κ3) is 2.20. The van der Waals surface area contributed by atoms with Crippen molar-refractivity contribution in [3.63, 3.8) is 0 Å². The fourth-order valence-electron chi connectivity index (χ4n) is 1.77. The molecule has 1 unspecified atom stereocenters. The summed E-state index contributed by atoms with van der Waals surface area (Å²) in [5.41, 5.74) is 6.26. The lowest BCUT2D eigenvalue weighted by Crippen LogP contribution is -2.45. The summed E-state index contributed by atoms with van der Waals surface area (Å²) in [6, 6.07) is 3.43. The summed E-state index contributed by atoms with van der Waals surface area (Å²) in [5, 5.41) is 0. The van der Waals surface area contributed by atoms with Gasteiger partial charge in [-0.05, 0) is 19.2 Å². The monoisotopic (exact) mass is 237 g/mol. The number of hydrogen-bond donors (Lipinski definition) is 1.